The molecule has 144 valence electrons. The van der Waals surface area contributed by atoms with Crippen molar-refractivity contribution in [2.75, 3.05) is 10.6 Å². The molecule has 28 heavy (non-hydrogen) atoms. The van der Waals surface area contributed by atoms with Crippen LogP contribution in [-0.2, 0) is 6.42 Å². The summed E-state index contributed by atoms with van der Waals surface area (Å²) >= 11 is 0. The smallest absolute Gasteiger partial charge is 0.271 e. The molecule has 0 spiro atoms. The Labute approximate surface area is 162 Å². The van der Waals surface area contributed by atoms with Crippen LogP contribution in [0.3, 0.4) is 0 Å². The first-order valence-electron chi connectivity index (χ1n) is 9.43. The van der Waals surface area contributed by atoms with Crippen molar-refractivity contribution in [1.29, 1.82) is 0 Å². The number of pyridine rings is 1. The first-order chi connectivity index (χ1) is 13.7. The SMILES string of the molecule is CCc1cnc(N[C@H]2CC[C@H](Nc3ccc(-n4ncccc4=O)cn3)C2)nn1. The van der Waals surface area contributed by atoms with Gasteiger partial charge >= 0.3 is 0 Å². The summed E-state index contributed by atoms with van der Waals surface area (Å²) in [5, 5.41) is 19.1. The minimum absolute atomic E-state index is 0.182. The fourth-order valence-corrected chi connectivity index (χ4v) is 3.31. The van der Waals surface area contributed by atoms with Gasteiger partial charge in [0.05, 0.1) is 23.8 Å². The van der Waals surface area contributed by atoms with Crippen molar-refractivity contribution < 1.29 is 0 Å². The molecule has 0 aromatic carbocycles. The fraction of sp³-hybridized carbons (Fsp3) is 0.368. The van der Waals surface area contributed by atoms with Gasteiger partial charge in [-0.2, -0.15) is 14.9 Å². The third-order valence-corrected chi connectivity index (χ3v) is 4.80. The molecule has 0 aliphatic heterocycles. The lowest BCUT2D eigenvalue weighted by Gasteiger charge is -2.15. The van der Waals surface area contributed by atoms with Crippen LogP contribution >= 0.6 is 0 Å². The van der Waals surface area contributed by atoms with E-state index in [0.29, 0.717) is 23.7 Å². The first kappa shape index (κ1) is 18.0. The van der Waals surface area contributed by atoms with Crippen LogP contribution < -0.4 is 16.2 Å². The maximum absolute atomic E-state index is 11.8. The van der Waals surface area contributed by atoms with Crippen molar-refractivity contribution in [3.8, 4) is 5.69 Å². The molecule has 1 fully saturated rings. The van der Waals surface area contributed by atoms with Gasteiger partial charge in [-0.3, -0.25) is 4.79 Å². The number of hydrogen-bond donors (Lipinski definition) is 2. The molecule has 1 aliphatic rings. The molecule has 1 aliphatic carbocycles. The lowest BCUT2D eigenvalue weighted by Crippen LogP contribution is -2.22. The van der Waals surface area contributed by atoms with Gasteiger partial charge < -0.3 is 10.6 Å². The molecular weight excluding hydrogens is 356 g/mol. The third-order valence-electron chi connectivity index (χ3n) is 4.80. The zero-order chi connectivity index (χ0) is 19.3. The molecule has 3 aromatic heterocycles. The largest absolute Gasteiger partial charge is 0.367 e. The highest BCUT2D eigenvalue weighted by atomic mass is 16.1. The van der Waals surface area contributed by atoms with Crippen molar-refractivity contribution in [3.63, 3.8) is 0 Å². The van der Waals surface area contributed by atoms with Gasteiger partial charge in [-0.15, -0.1) is 5.10 Å². The Kier molecular flexibility index (Phi) is 5.22. The number of hydrogen-bond acceptors (Lipinski definition) is 8. The highest BCUT2D eigenvalue weighted by Crippen LogP contribution is 2.24. The predicted octanol–water partition coefficient (Wildman–Crippen LogP) is 1.82. The maximum Gasteiger partial charge on any atom is 0.271 e. The average Bonchev–Trinajstić information content (AvgIpc) is 3.16. The van der Waals surface area contributed by atoms with E-state index >= 15 is 0 Å². The number of rotatable bonds is 6. The summed E-state index contributed by atoms with van der Waals surface area (Å²) < 4.78 is 1.32. The number of aryl methyl sites for hydroxylation is 1. The van der Waals surface area contributed by atoms with E-state index in [1.165, 1.54) is 10.7 Å². The summed E-state index contributed by atoms with van der Waals surface area (Å²) in [6.07, 6.45) is 8.82. The summed E-state index contributed by atoms with van der Waals surface area (Å²) in [7, 11) is 0. The van der Waals surface area contributed by atoms with E-state index in [4.69, 9.17) is 0 Å². The number of aromatic nitrogens is 6. The van der Waals surface area contributed by atoms with Gasteiger partial charge in [-0.05, 0) is 43.9 Å². The van der Waals surface area contributed by atoms with Gasteiger partial charge in [0.2, 0.25) is 5.95 Å². The van der Waals surface area contributed by atoms with Crippen LogP contribution in [0.5, 0.6) is 0 Å². The molecule has 2 atom stereocenters. The van der Waals surface area contributed by atoms with Crippen molar-refractivity contribution in [2.45, 2.75) is 44.7 Å². The second kappa shape index (κ2) is 8.12. The van der Waals surface area contributed by atoms with E-state index in [0.717, 1.165) is 37.2 Å². The van der Waals surface area contributed by atoms with Crippen LogP contribution in [0.1, 0.15) is 31.9 Å². The van der Waals surface area contributed by atoms with E-state index < -0.39 is 0 Å². The van der Waals surface area contributed by atoms with Crippen molar-refractivity contribution in [1.82, 2.24) is 29.9 Å². The van der Waals surface area contributed by atoms with Gasteiger partial charge in [0.1, 0.15) is 5.82 Å². The molecule has 0 unspecified atom stereocenters. The van der Waals surface area contributed by atoms with Crippen LogP contribution in [0.25, 0.3) is 5.69 Å². The van der Waals surface area contributed by atoms with Gasteiger partial charge in [-0.1, -0.05) is 6.92 Å². The Morgan fingerprint density at radius 1 is 1.07 bits per heavy atom. The van der Waals surface area contributed by atoms with Crippen molar-refractivity contribution in [3.05, 3.63) is 58.9 Å². The first-order valence-corrected chi connectivity index (χ1v) is 9.43. The topological polar surface area (TPSA) is 111 Å². The standard InChI is InChI=1S/C19H22N8O/c1-2-13-11-21-19(26-25-13)24-15-6-5-14(10-15)23-17-8-7-16(12-20-17)27-18(28)4-3-9-22-27/h3-4,7-9,11-12,14-15H,2,5-6,10H2,1H3,(H,20,23)(H,21,24,26)/t14-,15-/m0/s1. The summed E-state index contributed by atoms with van der Waals surface area (Å²) in [5.74, 6) is 1.36. The lowest BCUT2D eigenvalue weighted by atomic mass is 10.2. The Morgan fingerprint density at radius 3 is 2.61 bits per heavy atom. The second-order valence-corrected chi connectivity index (χ2v) is 6.80. The molecule has 3 aromatic rings. The molecule has 1 saturated carbocycles. The van der Waals surface area contributed by atoms with Crippen molar-refractivity contribution >= 4 is 11.8 Å². The summed E-state index contributed by atoms with van der Waals surface area (Å²) in [5.41, 5.74) is 1.35. The van der Waals surface area contributed by atoms with Crippen molar-refractivity contribution in [2.24, 2.45) is 0 Å². The average molecular weight is 378 g/mol. The van der Waals surface area contributed by atoms with Crippen LogP contribution in [-0.4, -0.2) is 42.0 Å². The zero-order valence-electron chi connectivity index (χ0n) is 15.6. The molecule has 4 rings (SSSR count). The third kappa shape index (κ3) is 4.13. The van der Waals surface area contributed by atoms with E-state index in [1.807, 2.05) is 19.1 Å². The van der Waals surface area contributed by atoms with Crippen LogP contribution in [0, 0.1) is 0 Å². The molecule has 9 heteroatoms. The van der Waals surface area contributed by atoms with Crippen LogP contribution in [0.4, 0.5) is 11.8 Å². The molecule has 2 N–H and O–H groups in total. The van der Waals surface area contributed by atoms with E-state index in [9.17, 15) is 4.79 Å². The van der Waals surface area contributed by atoms with E-state index in [2.05, 4.69) is 35.9 Å². The minimum atomic E-state index is -0.182. The molecule has 0 saturated heterocycles. The quantitative estimate of drug-likeness (QED) is 0.668. The monoisotopic (exact) mass is 378 g/mol. The van der Waals surface area contributed by atoms with Gasteiger partial charge in [0, 0.05) is 24.3 Å². The number of nitrogens with one attached hydrogen (secondary N) is 2. The van der Waals surface area contributed by atoms with Gasteiger partial charge in [0.25, 0.3) is 5.56 Å². The Balaban J connectivity index is 1.34. The fourth-order valence-electron chi connectivity index (χ4n) is 3.31. The number of anilines is 2. The zero-order valence-corrected chi connectivity index (χ0v) is 15.6. The Hall–Kier alpha value is -3.36. The normalized spacial score (nSPS) is 18.8. The highest BCUT2D eigenvalue weighted by Gasteiger charge is 2.25. The molecule has 9 nitrogen and oxygen atoms in total. The second-order valence-electron chi connectivity index (χ2n) is 6.80. The van der Waals surface area contributed by atoms with Crippen LogP contribution in [0.2, 0.25) is 0 Å². The summed E-state index contributed by atoms with van der Waals surface area (Å²) in [6.45, 7) is 2.03. The molecule has 3 heterocycles. The highest BCUT2D eigenvalue weighted by molar-refractivity contribution is 5.41. The Morgan fingerprint density at radius 2 is 1.93 bits per heavy atom. The molecule has 0 amide bonds. The summed E-state index contributed by atoms with van der Waals surface area (Å²) in [4.78, 5) is 20.6. The Bertz CT molecular complexity index is 970. The molecule has 0 bridgehead atoms. The predicted molar refractivity (Wildman–Crippen MR) is 106 cm³/mol. The lowest BCUT2D eigenvalue weighted by molar-refractivity contribution is 0.711. The molecule has 0 radical (unpaired) electrons. The van der Waals surface area contributed by atoms with E-state index in [1.54, 1.807) is 24.7 Å². The minimum Gasteiger partial charge on any atom is -0.367 e. The molecular formula is C19H22N8O. The summed E-state index contributed by atoms with van der Waals surface area (Å²) in [6, 6.07) is 7.41. The van der Waals surface area contributed by atoms with E-state index in [-0.39, 0.29) is 5.56 Å². The van der Waals surface area contributed by atoms with Crippen LogP contribution in [0.15, 0.2) is 47.7 Å². The van der Waals surface area contributed by atoms with Gasteiger partial charge in [-0.25, -0.2) is 9.97 Å². The maximum atomic E-state index is 11.8. The number of nitrogens with zero attached hydrogens (tertiary/aromatic N) is 6. The van der Waals surface area contributed by atoms with Gasteiger partial charge in [0.15, 0.2) is 0 Å².